The minimum Gasteiger partial charge on any atom is -0.448 e. The Hall–Kier alpha value is -3.63. The van der Waals surface area contributed by atoms with Gasteiger partial charge in [0.05, 0.1) is 17.5 Å². The molecule has 0 heterocycles. The molecule has 1 aromatic carbocycles. The van der Waals surface area contributed by atoms with Gasteiger partial charge in [-0.1, -0.05) is 29.8 Å². The highest BCUT2D eigenvalue weighted by atomic mass is 16.6. The number of benzene rings is 1. The molecule has 12 heteroatoms. The van der Waals surface area contributed by atoms with Crippen molar-refractivity contribution in [3.8, 4) is 0 Å². The Morgan fingerprint density at radius 3 is 2.93 bits per heavy atom. The van der Waals surface area contributed by atoms with E-state index < -0.39 is 22.6 Å². The van der Waals surface area contributed by atoms with E-state index >= 15 is 0 Å². The first-order valence-electron chi connectivity index (χ1n) is 9.39. The second-order valence-corrected chi connectivity index (χ2v) is 6.58. The van der Waals surface area contributed by atoms with Crippen molar-refractivity contribution >= 4 is 23.4 Å². The van der Waals surface area contributed by atoms with Gasteiger partial charge >= 0.3 is 6.09 Å². The lowest BCUT2D eigenvalue weighted by Crippen LogP contribution is -2.47. The zero-order valence-corrected chi connectivity index (χ0v) is 16.2. The van der Waals surface area contributed by atoms with Crippen LogP contribution in [0.1, 0.15) is 36.0 Å². The van der Waals surface area contributed by atoms with E-state index in [0.29, 0.717) is 0 Å². The van der Waals surface area contributed by atoms with Gasteiger partial charge in [0.1, 0.15) is 12.2 Å². The number of carbonyl (C=O) groups is 2. The van der Waals surface area contributed by atoms with E-state index in [1.807, 2.05) is 12.2 Å². The maximum absolute atomic E-state index is 12.2. The monoisotopic (exact) mass is 417 g/mol. The number of nitro benzene ring substituents is 1. The minimum atomic E-state index is -0.748. The van der Waals surface area contributed by atoms with Crippen LogP contribution in [0.5, 0.6) is 0 Å². The lowest BCUT2D eigenvalue weighted by Gasteiger charge is -2.24. The maximum Gasteiger partial charge on any atom is 0.407 e. The third-order valence-electron chi connectivity index (χ3n) is 4.47. The first-order chi connectivity index (χ1) is 14.4. The van der Waals surface area contributed by atoms with E-state index in [1.165, 1.54) is 12.1 Å². The van der Waals surface area contributed by atoms with Crippen LogP contribution in [0.2, 0.25) is 0 Å². The molecule has 1 aromatic rings. The highest BCUT2D eigenvalue weighted by Gasteiger charge is 2.21. The Morgan fingerprint density at radius 1 is 1.40 bits per heavy atom. The van der Waals surface area contributed by atoms with Crippen molar-refractivity contribution in [2.75, 3.05) is 13.2 Å². The normalized spacial score (nSPS) is 19.4. The Labute approximate surface area is 172 Å². The van der Waals surface area contributed by atoms with Crippen LogP contribution in [0, 0.1) is 10.1 Å². The molecule has 0 bridgehead atoms. The van der Waals surface area contributed by atoms with E-state index in [-0.39, 0.29) is 36.5 Å². The summed E-state index contributed by atoms with van der Waals surface area (Å²) in [5, 5.41) is 19.6. The van der Waals surface area contributed by atoms with Crippen LogP contribution >= 0.6 is 0 Å². The van der Waals surface area contributed by atoms with E-state index in [4.69, 9.17) is 16.0 Å². The third-order valence-corrected chi connectivity index (χ3v) is 4.47. The molecule has 12 nitrogen and oxygen atoms in total. The molecule has 0 saturated heterocycles. The maximum atomic E-state index is 12.2. The standard InChI is InChI=1S/C18H23N7O5/c19-14-5-3-1-2-4-6-15(14)22-18(27)30-10-9-21-17(26)13-8-7-12(23-24-20)11-16(13)25(28)29/h3,5,7-8,11,14-15H,1-2,4,6,9-10,19H2,(H,21,26)(H,22,27)/b5-3+/t14-,15-/m1/s1. The summed E-state index contributed by atoms with van der Waals surface area (Å²) >= 11 is 0. The molecule has 0 unspecified atom stereocenters. The van der Waals surface area contributed by atoms with Crippen LogP contribution in [0.3, 0.4) is 0 Å². The molecule has 2 rings (SSSR count). The first kappa shape index (κ1) is 22.7. The number of hydrogen-bond donors (Lipinski definition) is 3. The van der Waals surface area contributed by atoms with E-state index in [2.05, 4.69) is 20.7 Å². The average molecular weight is 417 g/mol. The smallest absolute Gasteiger partial charge is 0.407 e. The van der Waals surface area contributed by atoms with Crippen molar-refractivity contribution in [2.45, 2.75) is 37.8 Å². The van der Waals surface area contributed by atoms with Gasteiger partial charge < -0.3 is 21.1 Å². The van der Waals surface area contributed by atoms with Gasteiger partial charge in [0.2, 0.25) is 0 Å². The fourth-order valence-electron chi connectivity index (χ4n) is 2.95. The number of amides is 2. The quantitative estimate of drug-likeness (QED) is 0.116. The third kappa shape index (κ3) is 6.76. The largest absolute Gasteiger partial charge is 0.448 e. The fraction of sp³-hybridized carbons (Fsp3) is 0.444. The minimum absolute atomic E-state index is 0.0167. The molecule has 2 amide bonds. The Kier molecular flexibility index (Phi) is 8.60. The summed E-state index contributed by atoms with van der Waals surface area (Å²) in [6.45, 7) is -0.169. The zero-order chi connectivity index (χ0) is 21.9. The Bertz CT molecular complexity index is 866. The summed E-state index contributed by atoms with van der Waals surface area (Å²) in [7, 11) is 0. The predicted octanol–water partition coefficient (Wildman–Crippen LogP) is 2.82. The van der Waals surface area contributed by atoms with Crippen LogP contribution in [0.25, 0.3) is 10.4 Å². The molecule has 0 spiro atoms. The number of rotatable bonds is 7. The average Bonchev–Trinajstić information content (AvgIpc) is 2.71. The molecule has 1 aliphatic rings. The summed E-state index contributed by atoms with van der Waals surface area (Å²) in [5.74, 6) is -0.717. The van der Waals surface area contributed by atoms with Gasteiger partial charge in [-0.15, -0.1) is 0 Å². The van der Waals surface area contributed by atoms with Crippen LogP contribution in [-0.4, -0.2) is 42.2 Å². The van der Waals surface area contributed by atoms with Crippen molar-refractivity contribution in [2.24, 2.45) is 10.8 Å². The van der Waals surface area contributed by atoms with E-state index in [1.54, 1.807) is 0 Å². The molecule has 0 aliphatic heterocycles. The van der Waals surface area contributed by atoms with Gasteiger partial charge in [0.15, 0.2) is 0 Å². The number of ether oxygens (including phenoxy) is 1. The molecular formula is C18H23N7O5. The molecule has 30 heavy (non-hydrogen) atoms. The Morgan fingerprint density at radius 2 is 2.20 bits per heavy atom. The summed E-state index contributed by atoms with van der Waals surface area (Å²) in [6, 6.07) is 2.95. The molecule has 160 valence electrons. The van der Waals surface area contributed by atoms with E-state index in [0.717, 1.165) is 31.7 Å². The van der Waals surface area contributed by atoms with Crippen molar-refractivity contribution in [1.82, 2.24) is 10.6 Å². The fourth-order valence-corrected chi connectivity index (χ4v) is 2.95. The molecule has 0 saturated carbocycles. The first-order valence-corrected chi connectivity index (χ1v) is 9.39. The molecule has 2 atom stereocenters. The number of allylic oxidation sites excluding steroid dienone is 1. The van der Waals surface area contributed by atoms with Crippen molar-refractivity contribution in [1.29, 1.82) is 0 Å². The summed E-state index contributed by atoms with van der Waals surface area (Å²) < 4.78 is 5.05. The number of nitrogens with two attached hydrogens (primary N) is 1. The van der Waals surface area contributed by atoms with Gasteiger partial charge in [-0.05, 0) is 30.9 Å². The highest BCUT2D eigenvalue weighted by molar-refractivity contribution is 5.98. The number of nitrogens with one attached hydrogen (secondary N) is 2. The molecule has 0 radical (unpaired) electrons. The van der Waals surface area contributed by atoms with Crippen molar-refractivity contribution < 1.29 is 19.2 Å². The predicted molar refractivity (Wildman–Crippen MR) is 108 cm³/mol. The van der Waals surface area contributed by atoms with Crippen LogP contribution in [0.15, 0.2) is 35.5 Å². The number of nitro groups is 1. The summed E-state index contributed by atoms with van der Waals surface area (Å²) in [5.41, 5.74) is 13.8. The van der Waals surface area contributed by atoms with Crippen molar-refractivity contribution in [3.63, 3.8) is 0 Å². The zero-order valence-electron chi connectivity index (χ0n) is 16.2. The van der Waals surface area contributed by atoms with Gasteiger partial charge in [0, 0.05) is 22.7 Å². The Balaban J connectivity index is 1.83. The highest BCUT2D eigenvalue weighted by Crippen LogP contribution is 2.25. The number of alkyl carbamates (subject to hydrolysis) is 1. The number of nitrogens with zero attached hydrogens (tertiary/aromatic N) is 4. The summed E-state index contributed by atoms with van der Waals surface area (Å²) in [6.07, 6.45) is 6.89. The van der Waals surface area contributed by atoms with Crippen molar-refractivity contribution in [3.05, 3.63) is 56.5 Å². The number of azide groups is 1. The molecule has 0 aromatic heterocycles. The van der Waals surface area contributed by atoms with Crippen LogP contribution in [-0.2, 0) is 4.74 Å². The SMILES string of the molecule is [N-]=[N+]=Nc1ccc(C(=O)NCCOC(=O)N[C@@H]2CCCC/C=C/[C@H]2N)c([N+](=O)[O-])c1. The summed E-state index contributed by atoms with van der Waals surface area (Å²) in [4.78, 5) is 37.1. The lowest BCUT2D eigenvalue weighted by atomic mass is 9.98. The molecule has 0 fully saturated rings. The topological polar surface area (TPSA) is 185 Å². The van der Waals surface area contributed by atoms with Gasteiger partial charge in [-0.3, -0.25) is 14.9 Å². The van der Waals surface area contributed by atoms with Crippen LogP contribution < -0.4 is 16.4 Å². The van der Waals surface area contributed by atoms with E-state index in [9.17, 15) is 19.7 Å². The number of carbonyl (C=O) groups excluding carboxylic acids is 2. The lowest BCUT2D eigenvalue weighted by molar-refractivity contribution is -0.385. The van der Waals surface area contributed by atoms with Gasteiger partial charge in [0.25, 0.3) is 11.6 Å². The second-order valence-electron chi connectivity index (χ2n) is 6.58. The second kappa shape index (κ2) is 11.4. The molecule has 4 N–H and O–H groups in total. The van der Waals surface area contributed by atoms with Gasteiger partial charge in [-0.2, -0.15) is 0 Å². The molecular weight excluding hydrogens is 394 g/mol. The number of hydrogen-bond acceptors (Lipinski definition) is 7. The van der Waals surface area contributed by atoms with Gasteiger partial charge in [-0.25, -0.2) is 4.79 Å². The van der Waals surface area contributed by atoms with Crippen LogP contribution in [0.4, 0.5) is 16.2 Å². The molecule has 1 aliphatic carbocycles.